The summed E-state index contributed by atoms with van der Waals surface area (Å²) in [6, 6.07) is 0. The molecule has 0 radical (unpaired) electrons. The monoisotopic (exact) mass is 303 g/mol. The lowest BCUT2D eigenvalue weighted by Crippen LogP contribution is -2.38. The van der Waals surface area contributed by atoms with Gasteiger partial charge in [-0.15, -0.1) is 0 Å². The van der Waals surface area contributed by atoms with Crippen molar-refractivity contribution < 1.29 is 14.3 Å². The molecule has 0 fully saturated rings. The van der Waals surface area contributed by atoms with Crippen LogP contribution in [0.2, 0.25) is 0 Å². The quantitative estimate of drug-likeness (QED) is 0.621. The first kappa shape index (κ1) is 12.9. The molecule has 0 bridgehead atoms. The fraction of sp³-hybridized carbons (Fsp3) is 0.875. The Kier molecular flexibility index (Phi) is 4.95. The second kappa shape index (κ2) is 4.97. The van der Waals surface area contributed by atoms with Crippen LogP contribution in [0.1, 0.15) is 20.8 Å². The number of halogens is 2. The third-order valence-electron chi connectivity index (χ3n) is 1.59. The standard InChI is InChI=1S/C8H15FINO2/c1-8(2,3)6(10)5(9)4-11-7(12)13/h5-6,11H,4H2,1-3H3,(H,12,13)/t5-,6?/m1/s1. The van der Waals surface area contributed by atoms with Gasteiger partial charge in [0.15, 0.2) is 0 Å². The van der Waals surface area contributed by atoms with Crippen molar-refractivity contribution in [3.05, 3.63) is 0 Å². The van der Waals surface area contributed by atoms with E-state index in [0.717, 1.165) is 0 Å². The molecule has 0 aromatic carbocycles. The summed E-state index contributed by atoms with van der Waals surface area (Å²) in [6.07, 6.45) is -2.32. The van der Waals surface area contributed by atoms with Gasteiger partial charge in [-0.3, -0.25) is 0 Å². The van der Waals surface area contributed by atoms with Crippen LogP contribution in [-0.4, -0.2) is 27.8 Å². The van der Waals surface area contributed by atoms with E-state index in [1.54, 1.807) is 0 Å². The van der Waals surface area contributed by atoms with Crippen molar-refractivity contribution in [1.82, 2.24) is 5.32 Å². The van der Waals surface area contributed by atoms with E-state index in [1.807, 2.05) is 48.7 Å². The van der Waals surface area contributed by atoms with E-state index >= 15 is 0 Å². The SMILES string of the molecule is CC(C)(C)C(I)[C@H](F)CNC(=O)O. The zero-order chi connectivity index (χ0) is 10.6. The first-order chi connectivity index (χ1) is 5.75. The third-order valence-corrected chi connectivity index (χ3v) is 4.24. The maximum absolute atomic E-state index is 13.3. The molecular weight excluding hydrogens is 288 g/mol. The van der Waals surface area contributed by atoms with Crippen molar-refractivity contribution in [3.63, 3.8) is 0 Å². The number of carbonyl (C=O) groups is 1. The molecule has 1 unspecified atom stereocenters. The predicted molar refractivity (Wildman–Crippen MR) is 58.2 cm³/mol. The molecular formula is C8H15FINO2. The lowest BCUT2D eigenvalue weighted by molar-refractivity contribution is 0.184. The molecule has 78 valence electrons. The van der Waals surface area contributed by atoms with Crippen molar-refractivity contribution in [2.45, 2.75) is 30.9 Å². The fourth-order valence-corrected chi connectivity index (χ4v) is 1.09. The van der Waals surface area contributed by atoms with Crippen LogP contribution < -0.4 is 5.32 Å². The van der Waals surface area contributed by atoms with E-state index in [1.165, 1.54) is 0 Å². The Hall–Kier alpha value is -0.0700. The van der Waals surface area contributed by atoms with Gasteiger partial charge in [-0.25, -0.2) is 9.18 Å². The highest BCUT2D eigenvalue weighted by atomic mass is 127. The molecule has 5 heteroatoms. The van der Waals surface area contributed by atoms with E-state index in [-0.39, 0.29) is 15.9 Å². The Balaban J connectivity index is 3.97. The molecule has 0 aromatic rings. The van der Waals surface area contributed by atoms with Crippen molar-refractivity contribution in [1.29, 1.82) is 0 Å². The van der Waals surface area contributed by atoms with E-state index in [9.17, 15) is 9.18 Å². The van der Waals surface area contributed by atoms with Crippen LogP contribution in [0, 0.1) is 5.41 Å². The summed E-state index contributed by atoms with van der Waals surface area (Å²) in [4.78, 5) is 10.1. The van der Waals surface area contributed by atoms with Crippen molar-refractivity contribution >= 4 is 28.7 Å². The van der Waals surface area contributed by atoms with E-state index in [4.69, 9.17) is 5.11 Å². The summed E-state index contributed by atoms with van der Waals surface area (Å²) in [5.41, 5.74) is -0.153. The molecule has 0 aliphatic rings. The average Bonchev–Trinajstić information content (AvgIpc) is 1.96. The second-order valence-corrected chi connectivity index (χ2v) is 5.31. The Morgan fingerprint density at radius 3 is 2.38 bits per heavy atom. The normalized spacial score (nSPS) is 16.4. The molecule has 0 saturated heterocycles. The van der Waals surface area contributed by atoms with Crippen LogP contribution in [-0.2, 0) is 0 Å². The lowest BCUT2D eigenvalue weighted by atomic mass is 9.89. The highest BCUT2D eigenvalue weighted by Gasteiger charge is 2.29. The highest BCUT2D eigenvalue weighted by Crippen LogP contribution is 2.30. The molecule has 0 heterocycles. The van der Waals surface area contributed by atoms with Crippen LogP contribution in [0.25, 0.3) is 0 Å². The Bertz CT molecular complexity index is 181. The van der Waals surface area contributed by atoms with E-state index in [0.29, 0.717) is 0 Å². The Labute approximate surface area is 91.2 Å². The van der Waals surface area contributed by atoms with Crippen molar-refractivity contribution in [2.75, 3.05) is 6.54 Å². The number of nitrogens with one attached hydrogen (secondary N) is 1. The number of carboxylic acid groups (broad SMARTS) is 1. The molecule has 0 aliphatic heterocycles. The molecule has 0 spiro atoms. The van der Waals surface area contributed by atoms with Crippen molar-refractivity contribution in [3.8, 4) is 0 Å². The topological polar surface area (TPSA) is 49.3 Å². The minimum atomic E-state index is -1.18. The molecule has 1 amide bonds. The van der Waals surface area contributed by atoms with Gasteiger partial charge in [-0.2, -0.15) is 0 Å². The molecule has 2 N–H and O–H groups in total. The van der Waals surface area contributed by atoms with Gasteiger partial charge in [0.05, 0.1) is 6.54 Å². The molecule has 0 aliphatic carbocycles. The molecule has 2 atom stereocenters. The van der Waals surface area contributed by atoms with Crippen LogP contribution in [0.15, 0.2) is 0 Å². The predicted octanol–water partition coefficient (Wildman–Crippen LogP) is 2.44. The average molecular weight is 303 g/mol. The third kappa shape index (κ3) is 5.28. The van der Waals surface area contributed by atoms with Gasteiger partial charge < -0.3 is 10.4 Å². The first-order valence-corrected chi connectivity index (χ1v) is 5.24. The zero-order valence-electron chi connectivity index (χ0n) is 7.97. The van der Waals surface area contributed by atoms with E-state index < -0.39 is 12.3 Å². The van der Waals surface area contributed by atoms with Gasteiger partial charge in [-0.05, 0) is 5.41 Å². The van der Waals surface area contributed by atoms with Gasteiger partial charge in [-0.1, -0.05) is 43.4 Å². The van der Waals surface area contributed by atoms with Gasteiger partial charge in [0, 0.05) is 3.92 Å². The van der Waals surface area contributed by atoms with Crippen LogP contribution in [0.5, 0.6) is 0 Å². The van der Waals surface area contributed by atoms with Gasteiger partial charge in [0.1, 0.15) is 6.17 Å². The van der Waals surface area contributed by atoms with Crippen LogP contribution in [0.4, 0.5) is 9.18 Å². The summed E-state index contributed by atoms with van der Waals surface area (Å²) in [5, 5.41) is 10.3. The van der Waals surface area contributed by atoms with Gasteiger partial charge >= 0.3 is 6.09 Å². The van der Waals surface area contributed by atoms with E-state index in [2.05, 4.69) is 0 Å². The molecule has 13 heavy (non-hydrogen) atoms. The summed E-state index contributed by atoms with van der Waals surface area (Å²) < 4.78 is 13.1. The maximum Gasteiger partial charge on any atom is 0.404 e. The minimum Gasteiger partial charge on any atom is -0.465 e. The number of rotatable bonds is 3. The Morgan fingerprint density at radius 1 is 1.62 bits per heavy atom. The van der Waals surface area contributed by atoms with Gasteiger partial charge in [0.2, 0.25) is 0 Å². The zero-order valence-corrected chi connectivity index (χ0v) is 10.1. The number of amides is 1. The molecule has 0 rings (SSSR count). The smallest absolute Gasteiger partial charge is 0.404 e. The number of alkyl halides is 2. The largest absolute Gasteiger partial charge is 0.465 e. The molecule has 0 aromatic heterocycles. The number of hydrogen-bond donors (Lipinski definition) is 2. The van der Waals surface area contributed by atoms with Crippen molar-refractivity contribution in [2.24, 2.45) is 5.41 Å². The fourth-order valence-electron chi connectivity index (χ4n) is 0.831. The summed E-state index contributed by atoms with van der Waals surface area (Å²) in [6.45, 7) is 5.65. The lowest BCUT2D eigenvalue weighted by Gasteiger charge is -2.28. The maximum atomic E-state index is 13.3. The minimum absolute atomic E-state index is 0.139. The Morgan fingerprint density at radius 2 is 2.08 bits per heavy atom. The first-order valence-electron chi connectivity index (χ1n) is 4.00. The summed E-state index contributed by atoms with van der Waals surface area (Å²) >= 11 is 2.01. The van der Waals surface area contributed by atoms with Crippen LogP contribution >= 0.6 is 22.6 Å². The van der Waals surface area contributed by atoms with Crippen LogP contribution in [0.3, 0.4) is 0 Å². The highest BCUT2D eigenvalue weighted by molar-refractivity contribution is 14.1. The second-order valence-electron chi connectivity index (χ2n) is 3.97. The number of hydrogen-bond acceptors (Lipinski definition) is 1. The molecule has 0 saturated carbocycles. The van der Waals surface area contributed by atoms with Gasteiger partial charge in [0.25, 0.3) is 0 Å². The molecule has 3 nitrogen and oxygen atoms in total. The summed E-state index contributed by atoms with van der Waals surface area (Å²) in [7, 11) is 0. The summed E-state index contributed by atoms with van der Waals surface area (Å²) in [5.74, 6) is 0.